The summed E-state index contributed by atoms with van der Waals surface area (Å²) in [5, 5.41) is 9.22. The molecule has 0 aromatic heterocycles. The summed E-state index contributed by atoms with van der Waals surface area (Å²) < 4.78 is -1.75. The van der Waals surface area contributed by atoms with E-state index >= 15 is 0 Å². The number of carboxylic acids is 1. The van der Waals surface area contributed by atoms with Crippen LogP contribution in [-0.4, -0.2) is 36.5 Å². The van der Waals surface area contributed by atoms with Crippen molar-refractivity contribution >= 4 is 39.6 Å². The maximum absolute atomic E-state index is 11.3. The molecule has 1 amide bonds. The molecular formula is C8H10BrNO3S. The smallest absolute Gasteiger partial charge is 0.342 e. The number of hydrogen-bond acceptors (Lipinski definition) is 3. The highest BCUT2D eigenvalue weighted by molar-refractivity contribution is 9.10. The summed E-state index contributed by atoms with van der Waals surface area (Å²) in [7, 11) is 0. The third kappa shape index (κ3) is 0.957. The van der Waals surface area contributed by atoms with Gasteiger partial charge in [-0.15, -0.1) is 11.8 Å². The number of fused-ring (bicyclic) bond motifs is 1. The van der Waals surface area contributed by atoms with E-state index in [1.807, 2.05) is 13.8 Å². The van der Waals surface area contributed by atoms with Crippen molar-refractivity contribution < 1.29 is 14.7 Å². The molecule has 2 aliphatic heterocycles. The first kappa shape index (κ1) is 10.3. The van der Waals surface area contributed by atoms with Gasteiger partial charge in [-0.2, -0.15) is 0 Å². The Morgan fingerprint density at radius 3 is 2.64 bits per heavy atom. The van der Waals surface area contributed by atoms with Crippen LogP contribution in [0.3, 0.4) is 0 Å². The molecular weight excluding hydrogens is 270 g/mol. The molecule has 2 fully saturated rings. The van der Waals surface area contributed by atoms with Crippen LogP contribution in [0.2, 0.25) is 0 Å². The molecule has 2 atom stereocenters. The van der Waals surface area contributed by atoms with Gasteiger partial charge in [-0.3, -0.25) is 4.79 Å². The summed E-state index contributed by atoms with van der Waals surface area (Å²) in [6.07, 6.45) is 0.453. The van der Waals surface area contributed by atoms with Crippen LogP contribution in [0.25, 0.3) is 0 Å². The number of aliphatic carboxylic acids is 1. The Labute approximate surface area is 94.1 Å². The van der Waals surface area contributed by atoms with Gasteiger partial charge in [-0.25, -0.2) is 4.79 Å². The van der Waals surface area contributed by atoms with Crippen LogP contribution in [-0.2, 0) is 9.59 Å². The summed E-state index contributed by atoms with van der Waals surface area (Å²) in [5.74, 6) is -1.09. The Kier molecular flexibility index (Phi) is 1.96. The Hall–Kier alpha value is -0.230. The van der Waals surface area contributed by atoms with Gasteiger partial charge in [0.2, 0.25) is 10.4 Å². The van der Waals surface area contributed by atoms with E-state index in [-0.39, 0.29) is 11.3 Å². The average molecular weight is 280 g/mol. The fraction of sp³-hybridized carbons (Fsp3) is 0.750. The van der Waals surface area contributed by atoms with E-state index in [9.17, 15) is 14.7 Å². The van der Waals surface area contributed by atoms with Crippen LogP contribution in [0.1, 0.15) is 20.3 Å². The zero-order valence-electron chi connectivity index (χ0n) is 7.78. The molecule has 2 heterocycles. The number of carboxylic acid groups (broad SMARTS) is 1. The second kappa shape index (κ2) is 2.66. The number of hydrogen-bond donors (Lipinski definition) is 1. The molecule has 0 radical (unpaired) electrons. The molecule has 14 heavy (non-hydrogen) atoms. The summed E-state index contributed by atoms with van der Waals surface area (Å²) >= 11 is 4.75. The predicted octanol–water partition coefficient (Wildman–Crippen LogP) is 1.25. The van der Waals surface area contributed by atoms with E-state index in [4.69, 9.17) is 0 Å². The molecule has 2 rings (SSSR count). The highest BCUT2D eigenvalue weighted by Crippen LogP contribution is 2.59. The summed E-state index contributed by atoms with van der Waals surface area (Å²) in [6, 6.07) is 0. The van der Waals surface area contributed by atoms with Crippen molar-refractivity contribution in [3.8, 4) is 0 Å². The molecule has 0 bridgehead atoms. The van der Waals surface area contributed by atoms with Crippen molar-refractivity contribution in [3.63, 3.8) is 0 Å². The Morgan fingerprint density at radius 1 is 1.71 bits per heavy atom. The first-order chi connectivity index (χ1) is 6.30. The van der Waals surface area contributed by atoms with Crippen LogP contribution >= 0.6 is 27.7 Å². The molecule has 1 N–H and O–H groups in total. The minimum Gasteiger partial charge on any atom is -0.479 e. The van der Waals surface area contributed by atoms with Crippen molar-refractivity contribution in [1.29, 1.82) is 0 Å². The molecule has 0 aliphatic carbocycles. The van der Waals surface area contributed by atoms with Gasteiger partial charge in [0.05, 0.1) is 16.5 Å². The van der Waals surface area contributed by atoms with Crippen molar-refractivity contribution in [2.45, 2.75) is 34.8 Å². The summed E-state index contributed by atoms with van der Waals surface area (Å²) in [6.45, 7) is 3.68. The molecule has 0 aromatic rings. The minimum atomic E-state index is -1.25. The van der Waals surface area contributed by atoms with Gasteiger partial charge in [-0.05, 0) is 29.8 Å². The zero-order chi connectivity index (χ0) is 10.7. The number of amides is 1. The largest absolute Gasteiger partial charge is 0.479 e. The maximum atomic E-state index is 11.3. The second-order valence-electron chi connectivity index (χ2n) is 3.98. The van der Waals surface area contributed by atoms with E-state index in [0.29, 0.717) is 6.42 Å². The maximum Gasteiger partial charge on any atom is 0.342 e. The predicted molar refractivity (Wildman–Crippen MR) is 56.2 cm³/mol. The fourth-order valence-electron chi connectivity index (χ4n) is 1.92. The van der Waals surface area contributed by atoms with Gasteiger partial charge in [0, 0.05) is 0 Å². The molecule has 0 saturated carbocycles. The van der Waals surface area contributed by atoms with E-state index in [1.54, 1.807) is 0 Å². The van der Waals surface area contributed by atoms with Gasteiger partial charge in [-0.1, -0.05) is 0 Å². The standard InChI is InChI=1S/C8H10BrNO3S/c1-7(2)8(9,6(12)13)10-4(11)3-5(10)14-7/h5H,3H2,1-2H3,(H,12,13)/t5-,8+/m0/s1. The number of carbonyl (C=O) groups is 2. The summed E-state index contributed by atoms with van der Waals surface area (Å²) in [5.41, 5.74) is 0. The van der Waals surface area contributed by atoms with Gasteiger partial charge >= 0.3 is 5.97 Å². The van der Waals surface area contributed by atoms with Crippen molar-refractivity contribution in [3.05, 3.63) is 0 Å². The SMILES string of the molecule is CC1(C)S[C@H]2CC(=O)N2[C@]1(Br)C(=O)O. The molecule has 0 spiro atoms. The topological polar surface area (TPSA) is 57.6 Å². The summed E-state index contributed by atoms with van der Waals surface area (Å²) in [4.78, 5) is 24.0. The van der Waals surface area contributed by atoms with Crippen molar-refractivity contribution in [2.24, 2.45) is 0 Å². The van der Waals surface area contributed by atoms with Crippen LogP contribution in [0.15, 0.2) is 0 Å². The lowest BCUT2D eigenvalue weighted by Crippen LogP contribution is -2.63. The van der Waals surface area contributed by atoms with Gasteiger partial charge in [0.1, 0.15) is 0 Å². The van der Waals surface area contributed by atoms with E-state index in [0.717, 1.165) is 0 Å². The first-order valence-corrected chi connectivity index (χ1v) is 5.90. The van der Waals surface area contributed by atoms with Gasteiger partial charge in [0.15, 0.2) is 0 Å². The number of nitrogens with zero attached hydrogens (tertiary/aromatic N) is 1. The average Bonchev–Trinajstić information content (AvgIpc) is 2.16. The lowest BCUT2D eigenvalue weighted by atomic mass is 9.98. The molecule has 0 unspecified atom stereocenters. The normalized spacial score (nSPS) is 39.2. The highest BCUT2D eigenvalue weighted by Gasteiger charge is 2.68. The molecule has 2 aliphatic rings. The Morgan fingerprint density at radius 2 is 2.29 bits per heavy atom. The van der Waals surface area contributed by atoms with Crippen LogP contribution in [0.5, 0.6) is 0 Å². The molecule has 2 saturated heterocycles. The van der Waals surface area contributed by atoms with Crippen molar-refractivity contribution in [1.82, 2.24) is 4.90 Å². The van der Waals surface area contributed by atoms with Crippen molar-refractivity contribution in [2.75, 3.05) is 0 Å². The zero-order valence-corrected chi connectivity index (χ0v) is 10.2. The lowest BCUT2D eigenvalue weighted by Gasteiger charge is -2.42. The number of halogens is 1. The van der Waals surface area contributed by atoms with E-state index in [2.05, 4.69) is 15.9 Å². The van der Waals surface area contributed by atoms with Crippen LogP contribution < -0.4 is 0 Å². The monoisotopic (exact) mass is 279 g/mol. The number of carbonyl (C=O) groups excluding carboxylic acids is 1. The molecule has 78 valence electrons. The Bertz CT molecular complexity index is 333. The van der Waals surface area contributed by atoms with Gasteiger partial charge < -0.3 is 10.0 Å². The van der Waals surface area contributed by atoms with Crippen LogP contribution in [0, 0.1) is 0 Å². The fourth-order valence-corrected chi connectivity index (χ4v) is 4.41. The number of β-lactam (4-membered cyclic amide) rings is 1. The third-order valence-electron chi connectivity index (χ3n) is 2.75. The van der Waals surface area contributed by atoms with E-state index in [1.165, 1.54) is 16.7 Å². The number of alkyl halides is 1. The number of thioether (sulfide) groups is 1. The third-order valence-corrected chi connectivity index (χ3v) is 6.26. The molecule has 4 nitrogen and oxygen atoms in total. The quantitative estimate of drug-likeness (QED) is 0.446. The molecule has 6 heteroatoms. The minimum absolute atomic E-state index is 0.0213. The van der Waals surface area contributed by atoms with Gasteiger partial charge in [0.25, 0.3) is 0 Å². The first-order valence-electron chi connectivity index (χ1n) is 4.23. The van der Waals surface area contributed by atoms with E-state index < -0.39 is 15.2 Å². The lowest BCUT2D eigenvalue weighted by molar-refractivity contribution is -0.159. The Balaban J connectivity index is 2.45. The van der Waals surface area contributed by atoms with Crippen LogP contribution in [0.4, 0.5) is 0 Å². The highest BCUT2D eigenvalue weighted by atomic mass is 79.9. The number of rotatable bonds is 1. The molecule has 0 aromatic carbocycles. The second-order valence-corrected chi connectivity index (χ2v) is 6.93.